The SMILES string of the molecule is COC(=O)[C@H](C)NC(=O)CCCCCNC(=O)OCc1ccccc1. The number of amides is 2. The molecule has 0 saturated carbocycles. The van der Waals surface area contributed by atoms with Crippen LogP contribution in [0.25, 0.3) is 0 Å². The summed E-state index contributed by atoms with van der Waals surface area (Å²) in [6.07, 6.45) is 2.10. The average molecular weight is 350 g/mol. The second-order valence-corrected chi connectivity index (χ2v) is 5.61. The Morgan fingerprint density at radius 1 is 1.08 bits per heavy atom. The van der Waals surface area contributed by atoms with Crippen LogP contribution in [-0.2, 0) is 25.7 Å². The smallest absolute Gasteiger partial charge is 0.407 e. The summed E-state index contributed by atoms with van der Waals surface area (Å²) in [7, 11) is 1.28. The van der Waals surface area contributed by atoms with Crippen LogP contribution in [0.3, 0.4) is 0 Å². The van der Waals surface area contributed by atoms with Gasteiger partial charge in [-0.2, -0.15) is 0 Å². The minimum Gasteiger partial charge on any atom is -0.467 e. The van der Waals surface area contributed by atoms with Gasteiger partial charge in [-0.3, -0.25) is 4.79 Å². The summed E-state index contributed by atoms with van der Waals surface area (Å²) < 4.78 is 9.63. The van der Waals surface area contributed by atoms with Gasteiger partial charge in [0, 0.05) is 13.0 Å². The van der Waals surface area contributed by atoms with E-state index < -0.39 is 18.1 Å². The molecule has 0 radical (unpaired) electrons. The van der Waals surface area contributed by atoms with Gasteiger partial charge < -0.3 is 20.1 Å². The summed E-state index contributed by atoms with van der Waals surface area (Å²) in [5.41, 5.74) is 0.935. The van der Waals surface area contributed by atoms with E-state index in [1.807, 2.05) is 30.3 Å². The van der Waals surface area contributed by atoms with E-state index in [0.29, 0.717) is 19.4 Å². The molecule has 0 aromatic heterocycles. The lowest BCUT2D eigenvalue weighted by Crippen LogP contribution is -2.39. The van der Waals surface area contributed by atoms with Gasteiger partial charge in [0.1, 0.15) is 12.6 Å². The number of nitrogens with one attached hydrogen (secondary N) is 2. The first-order valence-corrected chi connectivity index (χ1v) is 8.34. The molecule has 1 rings (SSSR count). The van der Waals surface area contributed by atoms with E-state index in [1.54, 1.807) is 6.92 Å². The van der Waals surface area contributed by atoms with Crippen molar-refractivity contribution in [3.05, 3.63) is 35.9 Å². The van der Waals surface area contributed by atoms with Crippen LogP contribution in [0.15, 0.2) is 30.3 Å². The summed E-state index contributed by atoms with van der Waals surface area (Å²) in [6, 6.07) is 8.81. The standard InChI is InChI=1S/C18H26N2O5/c1-14(17(22)24-2)20-16(21)11-7-4-8-12-19-18(23)25-13-15-9-5-3-6-10-15/h3,5-6,9-10,14H,4,7-8,11-13H2,1-2H3,(H,19,23)(H,20,21)/t14-/m0/s1. The van der Waals surface area contributed by atoms with Crippen LogP contribution in [-0.4, -0.2) is 37.7 Å². The number of rotatable bonds is 10. The summed E-state index contributed by atoms with van der Waals surface area (Å²) in [6.45, 7) is 2.31. The van der Waals surface area contributed by atoms with Crippen molar-refractivity contribution in [3.63, 3.8) is 0 Å². The number of carbonyl (C=O) groups excluding carboxylic acids is 3. The highest BCUT2D eigenvalue weighted by Crippen LogP contribution is 2.02. The Balaban J connectivity index is 2.01. The molecule has 2 amide bonds. The lowest BCUT2D eigenvalue weighted by molar-refractivity contribution is -0.144. The van der Waals surface area contributed by atoms with E-state index >= 15 is 0 Å². The number of methoxy groups -OCH3 is 1. The third-order valence-corrected chi connectivity index (χ3v) is 3.49. The summed E-state index contributed by atoms with van der Waals surface area (Å²) in [5, 5.41) is 5.24. The van der Waals surface area contributed by atoms with Crippen LogP contribution in [0.1, 0.15) is 38.2 Å². The largest absolute Gasteiger partial charge is 0.467 e. The summed E-state index contributed by atoms with van der Waals surface area (Å²) in [5.74, 6) is -0.653. The second kappa shape index (κ2) is 11.9. The highest BCUT2D eigenvalue weighted by atomic mass is 16.5. The minimum absolute atomic E-state index is 0.187. The predicted molar refractivity (Wildman–Crippen MR) is 92.7 cm³/mol. The van der Waals surface area contributed by atoms with Crippen molar-refractivity contribution < 1.29 is 23.9 Å². The van der Waals surface area contributed by atoms with Gasteiger partial charge in [0.05, 0.1) is 7.11 Å². The van der Waals surface area contributed by atoms with E-state index in [0.717, 1.165) is 18.4 Å². The monoisotopic (exact) mass is 350 g/mol. The van der Waals surface area contributed by atoms with Gasteiger partial charge in [-0.1, -0.05) is 36.8 Å². The van der Waals surface area contributed by atoms with E-state index in [2.05, 4.69) is 15.4 Å². The molecule has 1 atom stereocenters. The molecule has 138 valence electrons. The van der Waals surface area contributed by atoms with Crippen molar-refractivity contribution in [1.82, 2.24) is 10.6 Å². The van der Waals surface area contributed by atoms with Gasteiger partial charge in [-0.25, -0.2) is 9.59 Å². The zero-order chi connectivity index (χ0) is 18.5. The number of hydrogen-bond donors (Lipinski definition) is 2. The maximum Gasteiger partial charge on any atom is 0.407 e. The van der Waals surface area contributed by atoms with Crippen LogP contribution < -0.4 is 10.6 Å². The Morgan fingerprint density at radius 2 is 1.80 bits per heavy atom. The topological polar surface area (TPSA) is 93.7 Å². The van der Waals surface area contributed by atoms with E-state index in [4.69, 9.17) is 4.74 Å². The Bertz CT molecular complexity index is 548. The molecular weight excluding hydrogens is 324 g/mol. The first-order chi connectivity index (χ1) is 12.0. The fourth-order valence-corrected chi connectivity index (χ4v) is 2.10. The zero-order valence-corrected chi connectivity index (χ0v) is 14.7. The van der Waals surface area contributed by atoms with Gasteiger partial charge in [0.2, 0.25) is 5.91 Å². The molecule has 0 aliphatic carbocycles. The maximum absolute atomic E-state index is 11.6. The van der Waals surface area contributed by atoms with Crippen molar-refractivity contribution in [2.24, 2.45) is 0 Å². The molecule has 7 heteroatoms. The molecule has 7 nitrogen and oxygen atoms in total. The molecule has 1 aromatic rings. The molecule has 0 aliphatic rings. The van der Waals surface area contributed by atoms with E-state index in [1.165, 1.54) is 7.11 Å². The number of unbranched alkanes of at least 4 members (excludes halogenated alkanes) is 2. The predicted octanol–water partition coefficient (Wildman–Crippen LogP) is 2.15. The molecule has 0 fully saturated rings. The third-order valence-electron chi connectivity index (χ3n) is 3.49. The van der Waals surface area contributed by atoms with Crippen LogP contribution in [0, 0.1) is 0 Å². The van der Waals surface area contributed by atoms with Gasteiger partial charge in [-0.15, -0.1) is 0 Å². The molecular formula is C18H26N2O5. The number of benzene rings is 1. The van der Waals surface area contributed by atoms with Crippen LogP contribution in [0.4, 0.5) is 4.79 Å². The van der Waals surface area contributed by atoms with Gasteiger partial charge >= 0.3 is 12.1 Å². The van der Waals surface area contributed by atoms with Gasteiger partial charge in [0.15, 0.2) is 0 Å². The van der Waals surface area contributed by atoms with Crippen molar-refractivity contribution in [2.75, 3.05) is 13.7 Å². The summed E-state index contributed by atoms with van der Waals surface area (Å²) >= 11 is 0. The van der Waals surface area contributed by atoms with E-state index in [9.17, 15) is 14.4 Å². The Labute approximate surface area is 148 Å². The molecule has 0 bridgehead atoms. The third kappa shape index (κ3) is 9.34. The molecule has 25 heavy (non-hydrogen) atoms. The van der Waals surface area contributed by atoms with Crippen molar-refractivity contribution in [1.29, 1.82) is 0 Å². The fraction of sp³-hybridized carbons (Fsp3) is 0.500. The highest BCUT2D eigenvalue weighted by molar-refractivity contribution is 5.83. The molecule has 0 aliphatic heterocycles. The van der Waals surface area contributed by atoms with Crippen LogP contribution >= 0.6 is 0 Å². The summed E-state index contributed by atoms with van der Waals surface area (Å²) in [4.78, 5) is 34.3. The number of esters is 1. The average Bonchev–Trinajstić information content (AvgIpc) is 2.62. The van der Waals surface area contributed by atoms with E-state index in [-0.39, 0.29) is 12.5 Å². The minimum atomic E-state index is -0.640. The molecule has 0 spiro atoms. The normalized spacial score (nSPS) is 11.3. The van der Waals surface area contributed by atoms with Crippen molar-refractivity contribution in [2.45, 2.75) is 45.3 Å². The maximum atomic E-state index is 11.6. The zero-order valence-electron chi connectivity index (χ0n) is 14.7. The molecule has 1 aromatic carbocycles. The first kappa shape index (κ1) is 20.5. The first-order valence-electron chi connectivity index (χ1n) is 8.34. The molecule has 0 heterocycles. The van der Waals surface area contributed by atoms with Crippen LogP contribution in [0.2, 0.25) is 0 Å². The molecule has 2 N–H and O–H groups in total. The fourth-order valence-electron chi connectivity index (χ4n) is 2.10. The lowest BCUT2D eigenvalue weighted by atomic mass is 10.2. The highest BCUT2D eigenvalue weighted by Gasteiger charge is 2.15. The molecule has 0 unspecified atom stereocenters. The van der Waals surface area contributed by atoms with Gasteiger partial charge in [-0.05, 0) is 25.3 Å². The van der Waals surface area contributed by atoms with Gasteiger partial charge in [0.25, 0.3) is 0 Å². The number of hydrogen-bond acceptors (Lipinski definition) is 5. The number of alkyl carbamates (subject to hydrolysis) is 1. The van der Waals surface area contributed by atoms with Crippen LogP contribution in [0.5, 0.6) is 0 Å². The Morgan fingerprint density at radius 3 is 2.48 bits per heavy atom. The molecule has 0 saturated heterocycles. The lowest BCUT2D eigenvalue weighted by Gasteiger charge is -2.11. The quantitative estimate of drug-likeness (QED) is 0.498. The Kier molecular flexibility index (Phi) is 9.74. The van der Waals surface area contributed by atoms with Crippen molar-refractivity contribution in [3.8, 4) is 0 Å². The second-order valence-electron chi connectivity index (χ2n) is 5.61. The Hall–Kier alpha value is -2.57. The number of ether oxygens (including phenoxy) is 2. The number of carbonyl (C=O) groups is 3. The van der Waals surface area contributed by atoms with Crippen molar-refractivity contribution >= 4 is 18.0 Å².